The molecule has 1 fully saturated rings. The largest absolute Gasteiger partial charge is 0.375 e. The van der Waals surface area contributed by atoms with Crippen molar-refractivity contribution < 1.29 is 9.53 Å². The van der Waals surface area contributed by atoms with Gasteiger partial charge in [-0.25, -0.2) is 0 Å². The van der Waals surface area contributed by atoms with Crippen LogP contribution >= 0.6 is 0 Å². The summed E-state index contributed by atoms with van der Waals surface area (Å²) in [5.41, 5.74) is 0. The van der Waals surface area contributed by atoms with Crippen LogP contribution in [-0.2, 0) is 9.53 Å². The fourth-order valence-corrected chi connectivity index (χ4v) is 1.25. The highest BCUT2D eigenvalue weighted by atomic mass is 16.5. The number of ether oxygens (including phenoxy) is 1. The maximum absolute atomic E-state index is 10.9. The van der Waals surface area contributed by atoms with Gasteiger partial charge in [-0.2, -0.15) is 0 Å². The van der Waals surface area contributed by atoms with E-state index in [9.17, 15) is 4.79 Å². The Hall–Kier alpha value is -0.570. The molecule has 11 heavy (non-hydrogen) atoms. The Morgan fingerprint density at radius 3 is 2.91 bits per heavy atom. The lowest BCUT2D eigenvalue weighted by molar-refractivity contribution is -0.127. The topological polar surface area (TPSA) is 38.3 Å². The second-order valence-electron chi connectivity index (χ2n) is 3.15. The van der Waals surface area contributed by atoms with Gasteiger partial charge in [0.25, 0.3) is 0 Å². The lowest BCUT2D eigenvalue weighted by Gasteiger charge is -2.24. The summed E-state index contributed by atoms with van der Waals surface area (Å²) >= 11 is 0. The molecule has 0 saturated carbocycles. The average molecular weight is 157 g/mol. The monoisotopic (exact) mass is 157 g/mol. The molecule has 3 heteroatoms. The molecule has 1 N–H and O–H groups in total. The standard InChI is InChI=1S/C8H15NO2/c1-6(2)11-7-3-4-9-8(10)5-7/h6-7H,3-5H2,1-2H3,(H,9,10). The van der Waals surface area contributed by atoms with Gasteiger partial charge < -0.3 is 10.1 Å². The summed E-state index contributed by atoms with van der Waals surface area (Å²) in [6.07, 6.45) is 1.84. The van der Waals surface area contributed by atoms with E-state index in [4.69, 9.17) is 4.74 Å². The highest BCUT2D eigenvalue weighted by Crippen LogP contribution is 2.10. The molecule has 1 unspecified atom stereocenters. The van der Waals surface area contributed by atoms with Crippen molar-refractivity contribution in [3.05, 3.63) is 0 Å². The van der Waals surface area contributed by atoms with Crippen molar-refractivity contribution >= 4 is 5.91 Å². The zero-order chi connectivity index (χ0) is 8.27. The minimum atomic E-state index is 0.113. The number of rotatable bonds is 2. The van der Waals surface area contributed by atoms with Crippen LogP contribution in [0, 0.1) is 0 Å². The number of amides is 1. The highest BCUT2D eigenvalue weighted by Gasteiger charge is 2.19. The van der Waals surface area contributed by atoms with E-state index in [1.807, 2.05) is 13.8 Å². The van der Waals surface area contributed by atoms with E-state index in [2.05, 4.69) is 5.32 Å². The first-order chi connectivity index (χ1) is 5.18. The predicted octanol–water partition coefficient (Wildman–Crippen LogP) is 0.690. The maximum atomic E-state index is 10.9. The lowest BCUT2D eigenvalue weighted by atomic mass is 10.1. The molecule has 0 bridgehead atoms. The van der Waals surface area contributed by atoms with Crippen molar-refractivity contribution in [2.45, 2.75) is 38.9 Å². The molecule has 1 aliphatic rings. The van der Waals surface area contributed by atoms with E-state index in [1.54, 1.807) is 0 Å². The summed E-state index contributed by atoms with van der Waals surface area (Å²) in [6, 6.07) is 0. The number of carbonyl (C=O) groups excluding carboxylic acids is 1. The molecular formula is C8H15NO2. The SMILES string of the molecule is CC(C)OC1CCNC(=O)C1. The molecule has 0 aliphatic carbocycles. The molecule has 0 aromatic carbocycles. The van der Waals surface area contributed by atoms with Gasteiger partial charge in [0.1, 0.15) is 0 Å². The summed E-state index contributed by atoms with van der Waals surface area (Å²) in [6.45, 7) is 4.75. The van der Waals surface area contributed by atoms with Gasteiger partial charge in [0.2, 0.25) is 5.91 Å². The predicted molar refractivity (Wildman–Crippen MR) is 42.3 cm³/mol. The molecule has 1 amide bonds. The quantitative estimate of drug-likeness (QED) is 0.640. The van der Waals surface area contributed by atoms with E-state index >= 15 is 0 Å². The third-order valence-electron chi connectivity index (χ3n) is 1.67. The fourth-order valence-electron chi connectivity index (χ4n) is 1.25. The van der Waals surface area contributed by atoms with Gasteiger partial charge >= 0.3 is 0 Å². The Morgan fingerprint density at radius 2 is 2.36 bits per heavy atom. The van der Waals surface area contributed by atoms with E-state index < -0.39 is 0 Å². The third-order valence-corrected chi connectivity index (χ3v) is 1.67. The van der Waals surface area contributed by atoms with Gasteiger partial charge in [-0.1, -0.05) is 0 Å². The Bertz CT molecular complexity index is 145. The first-order valence-electron chi connectivity index (χ1n) is 4.10. The van der Waals surface area contributed by atoms with Crippen LogP contribution in [0.15, 0.2) is 0 Å². The summed E-state index contributed by atoms with van der Waals surface area (Å²) in [4.78, 5) is 10.9. The van der Waals surface area contributed by atoms with Crippen LogP contribution < -0.4 is 5.32 Å². The average Bonchev–Trinajstić information content (AvgIpc) is 1.85. The molecule has 0 aromatic rings. The maximum Gasteiger partial charge on any atom is 0.222 e. The molecular weight excluding hydrogens is 142 g/mol. The van der Waals surface area contributed by atoms with Gasteiger partial charge in [0.15, 0.2) is 0 Å². The lowest BCUT2D eigenvalue weighted by Crippen LogP contribution is -2.38. The molecule has 1 aliphatic heterocycles. The van der Waals surface area contributed by atoms with Crippen LogP contribution in [-0.4, -0.2) is 24.7 Å². The Morgan fingerprint density at radius 1 is 1.64 bits per heavy atom. The van der Waals surface area contributed by atoms with E-state index in [0.29, 0.717) is 6.42 Å². The van der Waals surface area contributed by atoms with Crippen LogP contribution in [0.1, 0.15) is 26.7 Å². The number of piperidine rings is 1. The Kier molecular flexibility index (Phi) is 2.88. The van der Waals surface area contributed by atoms with E-state index in [-0.39, 0.29) is 18.1 Å². The normalized spacial score (nSPS) is 25.4. The third kappa shape index (κ3) is 2.89. The van der Waals surface area contributed by atoms with Gasteiger partial charge in [-0.15, -0.1) is 0 Å². The molecule has 1 heterocycles. The van der Waals surface area contributed by atoms with Crippen molar-refractivity contribution in [2.75, 3.05) is 6.54 Å². The van der Waals surface area contributed by atoms with Crippen molar-refractivity contribution in [3.8, 4) is 0 Å². The fraction of sp³-hybridized carbons (Fsp3) is 0.875. The molecule has 1 rings (SSSR count). The summed E-state index contributed by atoms with van der Waals surface area (Å²) in [5, 5.41) is 2.77. The second kappa shape index (κ2) is 3.72. The molecule has 0 spiro atoms. The molecule has 1 saturated heterocycles. The van der Waals surface area contributed by atoms with Crippen molar-refractivity contribution in [3.63, 3.8) is 0 Å². The Labute approximate surface area is 67.1 Å². The summed E-state index contributed by atoms with van der Waals surface area (Å²) in [7, 11) is 0. The van der Waals surface area contributed by atoms with Gasteiger partial charge in [0, 0.05) is 6.54 Å². The van der Waals surface area contributed by atoms with Crippen molar-refractivity contribution in [1.29, 1.82) is 0 Å². The van der Waals surface area contributed by atoms with Crippen molar-refractivity contribution in [1.82, 2.24) is 5.32 Å². The molecule has 64 valence electrons. The Balaban J connectivity index is 2.28. The van der Waals surface area contributed by atoms with Crippen LogP contribution in [0.5, 0.6) is 0 Å². The summed E-state index contributed by atoms with van der Waals surface area (Å²) < 4.78 is 5.50. The zero-order valence-corrected chi connectivity index (χ0v) is 7.09. The van der Waals surface area contributed by atoms with E-state index in [1.165, 1.54) is 0 Å². The first-order valence-corrected chi connectivity index (χ1v) is 4.10. The van der Waals surface area contributed by atoms with Crippen LogP contribution in [0.4, 0.5) is 0 Å². The van der Waals surface area contributed by atoms with Gasteiger partial charge in [-0.3, -0.25) is 4.79 Å². The zero-order valence-electron chi connectivity index (χ0n) is 7.09. The molecule has 1 atom stereocenters. The minimum absolute atomic E-state index is 0.113. The first kappa shape index (κ1) is 8.53. The second-order valence-corrected chi connectivity index (χ2v) is 3.15. The van der Waals surface area contributed by atoms with Crippen LogP contribution in [0.3, 0.4) is 0 Å². The molecule has 0 aromatic heterocycles. The summed E-state index contributed by atoms with van der Waals surface area (Å²) in [5.74, 6) is 0.113. The minimum Gasteiger partial charge on any atom is -0.375 e. The van der Waals surface area contributed by atoms with Crippen LogP contribution in [0.25, 0.3) is 0 Å². The van der Waals surface area contributed by atoms with E-state index in [0.717, 1.165) is 13.0 Å². The van der Waals surface area contributed by atoms with Gasteiger partial charge in [0.05, 0.1) is 18.6 Å². The van der Waals surface area contributed by atoms with Crippen molar-refractivity contribution in [2.24, 2.45) is 0 Å². The number of carbonyl (C=O) groups is 1. The number of hydrogen-bond donors (Lipinski definition) is 1. The van der Waals surface area contributed by atoms with Gasteiger partial charge in [-0.05, 0) is 20.3 Å². The molecule has 0 radical (unpaired) electrons. The number of hydrogen-bond acceptors (Lipinski definition) is 2. The smallest absolute Gasteiger partial charge is 0.222 e. The highest BCUT2D eigenvalue weighted by molar-refractivity contribution is 5.77. The van der Waals surface area contributed by atoms with Crippen LogP contribution in [0.2, 0.25) is 0 Å². The molecule has 3 nitrogen and oxygen atoms in total. The number of nitrogens with one attached hydrogen (secondary N) is 1.